The normalized spacial score (nSPS) is 16.0. The first-order valence-electron chi connectivity index (χ1n) is 10.00. The Balaban J connectivity index is 1.59. The Kier molecular flexibility index (Phi) is 7.63. The number of guanidine groups is 1. The van der Waals surface area contributed by atoms with Gasteiger partial charge in [-0.25, -0.2) is 13.4 Å². The zero-order valence-corrected chi connectivity index (χ0v) is 18.7. The molecule has 29 heavy (non-hydrogen) atoms. The smallest absolute Gasteiger partial charge is 0.243 e. The molecule has 1 aromatic heterocycles. The lowest BCUT2D eigenvalue weighted by atomic mass is 10.2. The van der Waals surface area contributed by atoms with Crippen LogP contribution in [-0.2, 0) is 29.5 Å². The van der Waals surface area contributed by atoms with Gasteiger partial charge in [0.15, 0.2) is 5.96 Å². The maximum Gasteiger partial charge on any atom is 0.243 e. The molecule has 0 saturated carbocycles. The molecular formula is C20H29N5O2S2. The molecular weight excluding hydrogens is 406 g/mol. The number of piperidine rings is 1. The molecule has 158 valence electrons. The van der Waals surface area contributed by atoms with Crippen LogP contribution in [0.1, 0.15) is 41.6 Å². The second-order valence-electron chi connectivity index (χ2n) is 6.97. The molecule has 9 heteroatoms. The fourth-order valence-electron chi connectivity index (χ4n) is 3.23. The lowest BCUT2D eigenvalue weighted by Crippen LogP contribution is -2.36. The zero-order chi connectivity index (χ0) is 20.7. The van der Waals surface area contributed by atoms with Crippen LogP contribution < -0.4 is 10.6 Å². The quantitative estimate of drug-likeness (QED) is 0.516. The van der Waals surface area contributed by atoms with Gasteiger partial charge in [0.2, 0.25) is 10.0 Å². The Bertz CT molecular complexity index is 934. The van der Waals surface area contributed by atoms with Crippen molar-refractivity contribution in [3.8, 4) is 0 Å². The van der Waals surface area contributed by atoms with Crippen LogP contribution in [0.15, 0.2) is 40.4 Å². The standard InChI is InChI=1S/C20H29N5O2S2/c1-3-17-14-22-19(28-17)15-24-20(21-2)23-13-16-8-7-9-18(12-16)29(26,27)25-10-5-4-6-11-25/h7-9,12,14H,3-6,10-11,13,15H2,1-2H3,(H2,21,23,24). The highest BCUT2D eigenvalue weighted by Gasteiger charge is 2.25. The molecule has 0 spiro atoms. The molecule has 0 unspecified atom stereocenters. The van der Waals surface area contributed by atoms with Crippen LogP contribution >= 0.6 is 11.3 Å². The van der Waals surface area contributed by atoms with Gasteiger partial charge in [0.25, 0.3) is 0 Å². The third-order valence-electron chi connectivity index (χ3n) is 4.89. The van der Waals surface area contributed by atoms with Crippen LogP contribution in [0.3, 0.4) is 0 Å². The Morgan fingerprint density at radius 3 is 2.66 bits per heavy atom. The summed E-state index contributed by atoms with van der Waals surface area (Å²) in [4.78, 5) is 10.2. The van der Waals surface area contributed by atoms with Crippen molar-refractivity contribution in [1.82, 2.24) is 19.9 Å². The molecule has 7 nitrogen and oxygen atoms in total. The minimum atomic E-state index is -3.42. The number of rotatable bonds is 7. The van der Waals surface area contributed by atoms with Crippen molar-refractivity contribution < 1.29 is 8.42 Å². The number of aliphatic imine (C=N–C) groups is 1. The lowest BCUT2D eigenvalue weighted by molar-refractivity contribution is 0.346. The molecule has 0 bridgehead atoms. The number of sulfonamides is 1. The number of aryl methyl sites for hydroxylation is 1. The number of nitrogens with zero attached hydrogens (tertiary/aromatic N) is 3. The van der Waals surface area contributed by atoms with Gasteiger partial charge < -0.3 is 10.6 Å². The van der Waals surface area contributed by atoms with Crippen molar-refractivity contribution in [1.29, 1.82) is 0 Å². The number of thiazole rings is 1. The summed E-state index contributed by atoms with van der Waals surface area (Å²) in [6.45, 7) is 4.43. The van der Waals surface area contributed by atoms with Crippen LogP contribution in [0.4, 0.5) is 0 Å². The Labute approximate surface area is 177 Å². The lowest BCUT2D eigenvalue weighted by Gasteiger charge is -2.26. The first kappa shape index (κ1) is 21.7. The molecule has 0 radical (unpaired) electrons. The average Bonchev–Trinajstić information content (AvgIpc) is 3.23. The molecule has 1 aromatic carbocycles. The maximum atomic E-state index is 12.9. The molecule has 3 rings (SSSR count). The van der Waals surface area contributed by atoms with Gasteiger partial charge in [-0.1, -0.05) is 25.5 Å². The third-order valence-corrected chi connectivity index (χ3v) is 7.93. The fraction of sp³-hybridized carbons (Fsp3) is 0.500. The van der Waals surface area contributed by atoms with Crippen LogP contribution in [0.2, 0.25) is 0 Å². The number of nitrogens with one attached hydrogen (secondary N) is 2. The summed E-state index contributed by atoms with van der Waals surface area (Å²) in [5.74, 6) is 0.655. The highest BCUT2D eigenvalue weighted by atomic mass is 32.2. The monoisotopic (exact) mass is 435 g/mol. The Hall–Kier alpha value is -1.97. The van der Waals surface area contributed by atoms with E-state index in [-0.39, 0.29) is 0 Å². The van der Waals surface area contributed by atoms with E-state index >= 15 is 0 Å². The maximum absolute atomic E-state index is 12.9. The summed E-state index contributed by atoms with van der Waals surface area (Å²) in [7, 11) is -1.71. The van der Waals surface area contributed by atoms with Gasteiger partial charge in [0.05, 0.1) is 11.4 Å². The molecule has 1 aliphatic heterocycles. The van der Waals surface area contributed by atoms with E-state index in [2.05, 4.69) is 27.5 Å². The first-order valence-corrected chi connectivity index (χ1v) is 12.3. The van der Waals surface area contributed by atoms with Gasteiger partial charge in [-0.3, -0.25) is 4.99 Å². The van der Waals surface area contributed by atoms with Crippen LogP contribution in [-0.4, -0.2) is 43.8 Å². The molecule has 0 aliphatic carbocycles. The second-order valence-corrected chi connectivity index (χ2v) is 10.1. The molecule has 1 fully saturated rings. The molecule has 0 amide bonds. The summed E-state index contributed by atoms with van der Waals surface area (Å²) in [6.07, 6.45) is 5.86. The Morgan fingerprint density at radius 2 is 1.97 bits per heavy atom. The predicted molar refractivity (Wildman–Crippen MR) is 118 cm³/mol. The van der Waals surface area contributed by atoms with E-state index in [1.54, 1.807) is 40.9 Å². The number of benzene rings is 1. The van der Waals surface area contributed by atoms with E-state index in [1.165, 1.54) is 4.88 Å². The molecule has 1 saturated heterocycles. The summed E-state index contributed by atoms with van der Waals surface area (Å²) in [5.41, 5.74) is 0.897. The van der Waals surface area contributed by atoms with Crippen molar-refractivity contribution in [2.75, 3.05) is 20.1 Å². The SMILES string of the molecule is CCc1cnc(CNC(=NC)NCc2cccc(S(=O)(=O)N3CCCCC3)c2)s1. The average molecular weight is 436 g/mol. The molecule has 2 heterocycles. The largest absolute Gasteiger partial charge is 0.352 e. The van der Waals surface area contributed by atoms with Gasteiger partial charge in [0.1, 0.15) is 5.01 Å². The summed E-state index contributed by atoms with van der Waals surface area (Å²) >= 11 is 1.69. The molecule has 2 aromatic rings. The van der Waals surface area contributed by atoms with Crippen molar-refractivity contribution >= 4 is 27.3 Å². The highest BCUT2D eigenvalue weighted by molar-refractivity contribution is 7.89. The van der Waals surface area contributed by atoms with Gasteiger partial charge >= 0.3 is 0 Å². The predicted octanol–water partition coefficient (Wildman–Crippen LogP) is 2.75. The number of aromatic nitrogens is 1. The summed E-state index contributed by atoms with van der Waals surface area (Å²) in [6, 6.07) is 7.14. The van der Waals surface area contributed by atoms with E-state index < -0.39 is 10.0 Å². The van der Waals surface area contributed by atoms with Crippen molar-refractivity contribution in [2.45, 2.75) is 50.6 Å². The summed E-state index contributed by atoms with van der Waals surface area (Å²) < 4.78 is 27.4. The molecule has 2 N–H and O–H groups in total. The van der Waals surface area contributed by atoms with E-state index in [1.807, 2.05) is 12.3 Å². The van der Waals surface area contributed by atoms with Crippen molar-refractivity contribution in [3.63, 3.8) is 0 Å². The van der Waals surface area contributed by atoms with Crippen molar-refractivity contribution in [3.05, 3.63) is 45.9 Å². The summed E-state index contributed by atoms with van der Waals surface area (Å²) in [5, 5.41) is 7.51. The Morgan fingerprint density at radius 1 is 1.21 bits per heavy atom. The number of hydrogen-bond acceptors (Lipinski definition) is 5. The van der Waals surface area contributed by atoms with Crippen molar-refractivity contribution in [2.24, 2.45) is 4.99 Å². The van der Waals surface area contributed by atoms with Crippen LogP contribution in [0.5, 0.6) is 0 Å². The van der Waals surface area contributed by atoms with Gasteiger partial charge in [-0.2, -0.15) is 4.31 Å². The van der Waals surface area contributed by atoms with Gasteiger partial charge in [-0.05, 0) is 37.0 Å². The van der Waals surface area contributed by atoms with E-state index in [0.29, 0.717) is 37.0 Å². The minimum absolute atomic E-state index is 0.358. The fourth-order valence-corrected chi connectivity index (χ4v) is 5.62. The highest BCUT2D eigenvalue weighted by Crippen LogP contribution is 2.21. The van der Waals surface area contributed by atoms with Gasteiger partial charge in [-0.15, -0.1) is 11.3 Å². The van der Waals surface area contributed by atoms with E-state index in [4.69, 9.17) is 0 Å². The second kappa shape index (κ2) is 10.2. The topological polar surface area (TPSA) is 86.7 Å². The molecule has 1 aliphatic rings. The van der Waals surface area contributed by atoms with Gasteiger partial charge in [0, 0.05) is 37.8 Å². The third kappa shape index (κ3) is 5.77. The van der Waals surface area contributed by atoms with Crippen LogP contribution in [0.25, 0.3) is 0 Å². The van der Waals surface area contributed by atoms with Crippen LogP contribution in [0, 0.1) is 0 Å². The zero-order valence-electron chi connectivity index (χ0n) is 17.0. The first-order chi connectivity index (χ1) is 14.0. The van der Waals surface area contributed by atoms with E-state index in [0.717, 1.165) is 36.3 Å². The molecule has 0 atom stereocenters. The number of hydrogen-bond donors (Lipinski definition) is 2. The minimum Gasteiger partial charge on any atom is -0.352 e. The van der Waals surface area contributed by atoms with E-state index in [9.17, 15) is 8.42 Å².